The van der Waals surface area contributed by atoms with E-state index >= 15 is 0 Å². The number of aromatic hydroxyl groups is 1. The fourth-order valence-corrected chi connectivity index (χ4v) is 2.76. The van der Waals surface area contributed by atoms with Crippen LogP contribution in [-0.4, -0.2) is 26.7 Å². The van der Waals surface area contributed by atoms with E-state index < -0.39 is 5.56 Å². The molecule has 2 aromatic carbocycles. The minimum Gasteiger partial charge on any atom is -0.493 e. The van der Waals surface area contributed by atoms with Gasteiger partial charge in [-0.2, -0.15) is 4.98 Å². The Morgan fingerprint density at radius 1 is 1.17 bits per heavy atom. The van der Waals surface area contributed by atoms with Crippen LogP contribution in [0.3, 0.4) is 0 Å². The molecule has 0 saturated carbocycles. The number of aromatic amines is 1. The number of aromatic nitrogens is 2. The molecular weight excluding hydrogens is 314 g/mol. The van der Waals surface area contributed by atoms with E-state index in [0.717, 1.165) is 28.6 Å². The highest BCUT2D eigenvalue weighted by Gasteiger charge is 2.07. The molecule has 0 fully saturated rings. The first-order valence-corrected chi connectivity index (χ1v) is 7.80. The summed E-state index contributed by atoms with van der Waals surface area (Å²) in [5.41, 5.74) is 0.238. The third kappa shape index (κ3) is 3.89. The van der Waals surface area contributed by atoms with Crippen LogP contribution in [0.1, 0.15) is 0 Å². The van der Waals surface area contributed by atoms with Crippen LogP contribution in [0.2, 0.25) is 0 Å². The fourth-order valence-electron chi connectivity index (χ4n) is 2.09. The maximum Gasteiger partial charge on any atom is 0.255 e. The molecule has 0 atom stereocenters. The summed E-state index contributed by atoms with van der Waals surface area (Å²) >= 11 is 1.04. The van der Waals surface area contributed by atoms with Gasteiger partial charge in [0.1, 0.15) is 0 Å². The number of nitrogens with one attached hydrogen (secondary N) is 2. The van der Waals surface area contributed by atoms with Crippen LogP contribution in [0, 0.1) is 0 Å². The van der Waals surface area contributed by atoms with Crippen LogP contribution < -0.4 is 10.9 Å². The Balaban J connectivity index is 1.65. The Morgan fingerprint density at radius 2 is 1.96 bits per heavy atom. The summed E-state index contributed by atoms with van der Waals surface area (Å²) in [4.78, 5) is 29.4. The summed E-state index contributed by atoms with van der Waals surface area (Å²) in [6.07, 6.45) is 0. The molecule has 0 spiro atoms. The van der Waals surface area contributed by atoms with Gasteiger partial charge >= 0.3 is 0 Å². The molecule has 1 aromatic heterocycles. The van der Waals surface area contributed by atoms with Crippen LogP contribution in [-0.2, 0) is 4.79 Å². The van der Waals surface area contributed by atoms with Gasteiger partial charge in [-0.15, -0.1) is 0 Å². The van der Waals surface area contributed by atoms with Crippen molar-refractivity contribution in [3.63, 3.8) is 0 Å². The van der Waals surface area contributed by atoms with Crippen molar-refractivity contribution in [1.29, 1.82) is 0 Å². The normalized spacial score (nSPS) is 10.6. The highest BCUT2D eigenvalue weighted by molar-refractivity contribution is 7.99. The average Bonchev–Trinajstić information content (AvgIpc) is 2.52. The lowest BCUT2D eigenvalue weighted by molar-refractivity contribution is -0.113. The van der Waals surface area contributed by atoms with E-state index in [0.29, 0.717) is 5.69 Å². The van der Waals surface area contributed by atoms with Crippen molar-refractivity contribution >= 4 is 34.1 Å². The van der Waals surface area contributed by atoms with Crippen molar-refractivity contribution < 1.29 is 9.90 Å². The van der Waals surface area contributed by atoms with Gasteiger partial charge < -0.3 is 15.4 Å². The zero-order valence-electron chi connectivity index (χ0n) is 11.9. The number of hydrogen-bond donors (Lipinski definition) is 3. The Bertz CT molecular complexity index is 924. The van der Waals surface area contributed by atoms with E-state index in [-0.39, 0.29) is 22.7 Å². The fraction of sp³-hybridized carbons (Fsp3) is 0.0625. The van der Waals surface area contributed by atoms with E-state index in [1.54, 1.807) is 0 Å². The highest BCUT2D eigenvalue weighted by Crippen LogP contribution is 2.19. The molecule has 1 heterocycles. The summed E-state index contributed by atoms with van der Waals surface area (Å²) in [7, 11) is 0. The largest absolute Gasteiger partial charge is 0.493 e. The van der Waals surface area contributed by atoms with Crippen LogP contribution in [0.15, 0.2) is 58.5 Å². The van der Waals surface area contributed by atoms with Crippen LogP contribution in [0.5, 0.6) is 5.88 Å². The number of benzene rings is 2. The smallest absolute Gasteiger partial charge is 0.255 e. The molecule has 3 N–H and O–H groups in total. The van der Waals surface area contributed by atoms with E-state index in [2.05, 4.69) is 15.3 Å². The lowest BCUT2D eigenvalue weighted by Crippen LogP contribution is -2.15. The van der Waals surface area contributed by atoms with Gasteiger partial charge in [0.15, 0.2) is 5.16 Å². The van der Waals surface area contributed by atoms with Gasteiger partial charge in [0.2, 0.25) is 11.8 Å². The average molecular weight is 327 g/mol. The molecule has 1 amide bonds. The summed E-state index contributed by atoms with van der Waals surface area (Å²) in [5.74, 6) is -0.526. The molecule has 23 heavy (non-hydrogen) atoms. The second-order valence-corrected chi connectivity index (χ2v) is 5.77. The van der Waals surface area contributed by atoms with E-state index in [4.69, 9.17) is 0 Å². The topological polar surface area (TPSA) is 95.1 Å². The van der Waals surface area contributed by atoms with E-state index in [1.807, 2.05) is 42.5 Å². The van der Waals surface area contributed by atoms with Gasteiger partial charge in [-0.25, -0.2) is 0 Å². The standard InChI is InChI=1S/C16H13N3O3S/c20-13-8-14(21)19-16(18-13)23-9-15(22)17-12-6-5-10-3-1-2-4-11(10)7-12/h1-8H,9H2,(H,17,22)(H2,18,19,20,21). The van der Waals surface area contributed by atoms with Crippen LogP contribution in [0.4, 0.5) is 5.69 Å². The van der Waals surface area contributed by atoms with Crippen LogP contribution in [0.25, 0.3) is 10.8 Å². The lowest BCUT2D eigenvalue weighted by atomic mass is 10.1. The number of carbonyl (C=O) groups is 1. The molecule has 0 aliphatic rings. The third-order valence-electron chi connectivity index (χ3n) is 3.08. The third-order valence-corrected chi connectivity index (χ3v) is 3.95. The molecule has 0 bridgehead atoms. The molecule has 116 valence electrons. The quantitative estimate of drug-likeness (QED) is 0.505. The second kappa shape index (κ2) is 6.53. The summed E-state index contributed by atoms with van der Waals surface area (Å²) in [6, 6.07) is 14.5. The monoisotopic (exact) mass is 327 g/mol. The van der Waals surface area contributed by atoms with E-state index in [1.165, 1.54) is 0 Å². The molecule has 6 nitrogen and oxygen atoms in total. The zero-order chi connectivity index (χ0) is 16.2. The number of carbonyl (C=O) groups excluding carboxylic acids is 1. The Labute approximate surface area is 135 Å². The number of rotatable bonds is 4. The molecule has 0 unspecified atom stereocenters. The van der Waals surface area contributed by atoms with Crippen molar-refractivity contribution in [2.75, 3.05) is 11.1 Å². The number of anilines is 1. The molecule has 3 rings (SSSR count). The van der Waals surface area contributed by atoms with Crippen molar-refractivity contribution in [1.82, 2.24) is 9.97 Å². The van der Waals surface area contributed by atoms with Gasteiger partial charge in [-0.05, 0) is 22.9 Å². The SMILES string of the molecule is O=C(CSc1nc(O)cc(=O)[nH]1)Nc1ccc2ccccc2c1. The first-order chi connectivity index (χ1) is 11.1. The van der Waals surface area contributed by atoms with E-state index in [9.17, 15) is 14.7 Å². The number of hydrogen-bond acceptors (Lipinski definition) is 5. The Hall–Kier alpha value is -2.80. The minimum absolute atomic E-state index is 0.0687. The molecule has 3 aromatic rings. The van der Waals surface area contributed by atoms with Gasteiger partial charge in [-0.3, -0.25) is 9.59 Å². The second-order valence-electron chi connectivity index (χ2n) is 4.81. The van der Waals surface area contributed by atoms with Crippen LogP contribution >= 0.6 is 11.8 Å². The number of H-pyrrole nitrogens is 1. The number of nitrogens with zero attached hydrogens (tertiary/aromatic N) is 1. The summed E-state index contributed by atoms with van der Waals surface area (Å²) < 4.78 is 0. The van der Waals surface area contributed by atoms with Gasteiger partial charge in [0.25, 0.3) is 5.56 Å². The predicted octanol–water partition coefficient (Wildman–Crippen LogP) is 2.36. The number of thioether (sulfide) groups is 1. The molecule has 0 aliphatic carbocycles. The molecule has 0 radical (unpaired) electrons. The van der Waals surface area contributed by atoms with Crippen molar-refractivity contribution in [3.8, 4) is 5.88 Å². The minimum atomic E-state index is -0.463. The molecule has 0 saturated heterocycles. The van der Waals surface area contributed by atoms with Crippen molar-refractivity contribution in [2.24, 2.45) is 0 Å². The van der Waals surface area contributed by atoms with Gasteiger partial charge in [0.05, 0.1) is 11.8 Å². The molecule has 0 aliphatic heterocycles. The summed E-state index contributed by atoms with van der Waals surface area (Å²) in [5, 5.41) is 14.4. The highest BCUT2D eigenvalue weighted by atomic mass is 32.2. The lowest BCUT2D eigenvalue weighted by Gasteiger charge is -2.06. The Morgan fingerprint density at radius 3 is 2.74 bits per heavy atom. The van der Waals surface area contributed by atoms with Crippen molar-refractivity contribution in [3.05, 3.63) is 58.9 Å². The van der Waals surface area contributed by atoms with Crippen molar-refractivity contribution in [2.45, 2.75) is 5.16 Å². The summed E-state index contributed by atoms with van der Waals surface area (Å²) in [6.45, 7) is 0. The maximum absolute atomic E-state index is 12.0. The maximum atomic E-state index is 12.0. The van der Waals surface area contributed by atoms with Gasteiger partial charge in [-0.1, -0.05) is 42.1 Å². The first kappa shape index (κ1) is 15.1. The first-order valence-electron chi connectivity index (χ1n) is 6.82. The number of fused-ring (bicyclic) bond motifs is 1. The predicted molar refractivity (Wildman–Crippen MR) is 89.8 cm³/mol. The zero-order valence-corrected chi connectivity index (χ0v) is 12.8. The molecular formula is C16H13N3O3S. The molecule has 7 heteroatoms. The van der Waals surface area contributed by atoms with Gasteiger partial charge in [0, 0.05) is 5.69 Å². The Kier molecular flexibility index (Phi) is 4.29. The number of amides is 1.